The second kappa shape index (κ2) is 8.15. The molecule has 0 saturated heterocycles. The molecule has 0 aromatic rings. The SMILES string of the molecule is CC(=O)N/C=C1/C(N=C(N)N)C=C(C(=O)O)OC1C(O)CCO. The molecule has 0 aliphatic carbocycles. The highest BCUT2D eigenvalue weighted by atomic mass is 16.5. The summed E-state index contributed by atoms with van der Waals surface area (Å²) in [5, 5.41) is 30.6. The number of carbonyl (C=O) groups excluding carboxylic acids is 1. The molecule has 0 aromatic carbocycles. The van der Waals surface area contributed by atoms with Gasteiger partial charge in [0.05, 0.1) is 6.10 Å². The lowest BCUT2D eigenvalue weighted by Crippen LogP contribution is -2.41. The molecule has 1 heterocycles. The van der Waals surface area contributed by atoms with Crippen LogP contribution in [0.15, 0.2) is 28.6 Å². The topological polar surface area (TPSA) is 180 Å². The number of rotatable bonds is 6. The summed E-state index contributed by atoms with van der Waals surface area (Å²) >= 11 is 0. The third kappa shape index (κ3) is 5.27. The minimum atomic E-state index is -1.36. The number of aliphatic carboxylic acids is 1. The Balaban J connectivity index is 3.31. The molecule has 0 fully saturated rings. The van der Waals surface area contributed by atoms with Gasteiger partial charge in [-0.25, -0.2) is 9.79 Å². The minimum Gasteiger partial charge on any atom is -0.476 e. The van der Waals surface area contributed by atoms with E-state index in [1.165, 1.54) is 13.1 Å². The third-order valence-corrected chi connectivity index (χ3v) is 2.95. The number of nitrogens with two attached hydrogens (primary N) is 2. The Hall–Kier alpha value is -2.59. The Morgan fingerprint density at radius 1 is 1.52 bits per heavy atom. The second-order valence-corrected chi connectivity index (χ2v) is 4.80. The summed E-state index contributed by atoms with van der Waals surface area (Å²) in [7, 11) is 0. The first kappa shape index (κ1) is 18.5. The maximum absolute atomic E-state index is 11.2. The monoisotopic (exact) mass is 328 g/mol. The number of aliphatic hydroxyl groups excluding tert-OH is 2. The van der Waals surface area contributed by atoms with Crippen molar-refractivity contribution in [2.45, 2.75) is 31.6 Å². The van der Waals surface area contributed by atoms with Crippen LogP contribution in [0.5, 0.6) is 0 Å². The lowest BCUT2D eigenvalue weighted by molar-refractivity contribution is -0.139. The van der Waals surface area contributed by atoms with Gasteiger partial charge in [-0.05, 0) is 6.08 Å². The number of aliphatic hydroxyl groups is 2. The van der Waals surface area contributed by atoms with Gasteiger partial charge in [0.1, 0.15) is 6.04 Å². The van der Waals surface area contributed by atoms with Crippen LogP contribution >= 0.6 is 0 Å². The fourth-order valence-corrected chi connectivity index (χ4v) is 1.98. The number of hydrogen-bond donors (Lipinski definition) is 6. The largest absolute Gasteiger partial charge is 0.476 e. The van der Waals surface area contributed by atoms with Crippen LogP contribution in [-0.4, -0.2) is 58.0 Å². The van der Waals surface area contributed by atoms with E-state index in [-0.39, 0.29) is 30.5 Å². The zero-order valence-electron chi connectivity index (χ0n) is 12.5. The lowest BCUT2D eigenvalue weighted by Gasteiger charge is -2.32. The van der Waals surface area contributed by atoms with Crippen molar-refractivity contribution in [3.05, 3.63) is 23.6 Å². The van der Waals surface area contributed by atoms with Crippen LogP contribution in [0.1, 0.15) is 13.3 Å². The summed E-state index contributed by atoms with van der Waals surface area (Å²) in [4.78, 5) is 26.1. The Bertz CT molecular complexity index is 553. The van der Waals surface area contributed by atoms with E-state index in [0.29, 0.717) is 0 Å². The summed E-state index contributed by atoms with van der Waals surface area (Å²) in [6.45, 7) is 0.932. The van der Waals surface area contributed by atoms with Gasteiger partial charge in [0, 0.05) is 31.7 Å². The first-order valence-corrected chi connectivity index (χ1v) is 6.72. The Labute approximate surface area is 132 Å². The summed E-state index contributed by atoms with van der Waals surface area (Å²) < 4.78 is 5.25. The summed E-state index contributed by atoms with van der Waals surface area (Å²) in [5.41, 5.74) is 10.9. The van der Waals surface area contributed by atoms with Gasteiger partial charge >= 0.3 is 5.97 Å². The van der Waals surface area contributed by atoms with Crippen molar-refractivity contribution in [2.75, 3.05) is 6.61 Å². The van der Waals surface area contributed by atoms with Crippen molar-refractivity contribution in [1.29, 1.82) is 0 Å². The van der Waals surface area contributed by atoms with Crippen LogP contribution in [0, 0.1) is 0 Å². The minimum absolute atomic E-state index is 0.0660. The lowest BCUT2D eigenvalue weighted by atomic mass is 9.93. The van der Waals surface area contributed by atoms with Crippen molar-refractivity contribution in [3.63, 3.8) is 0 Å². The van der Waals surface area contributed by atoms with Crippen molar-refractivity contribution in [3.8, 4) is 0 Å². The number of ether oxygens (including phenoxy) is 1. The van der Waals surface area contributed by atoms with E-state index >= 15 is 0 Å². The average Bonchev–Trinajstić information content (AvgIpc) is 2.44. The molecule has 23 heavy (non-hydrogen) atoms. The first-order valence-electron chi connectivity index (χ1n) is 6.72. The molecular weight excluding hydrogens is 308 g/mol. The number of aliphatic imine (C=N–C) groups is 1. The average molecular weight is 328 g/mol. The molecule has 0 radical (unpaired) electrons. The summed E-state index contributed by atoms with van der Waals surface area (Å²) in [6.07, 6.45) is -0.0285. The van der Waals surface area contributed by atoms with E-state index in [1.807, 2.05) is 0 Å². The molecule has 8 N–H and O–H groups in total. The second-order valence-electron chi connectivity index (χ2n) is 4.80. The molecule has 0 spiro atoms. The molecule has 1 aliphatic rings. The number of guanidine groups is 1. The molecule has 0 aromatic heterocycles. The van der Waals surface area contributed by atoms with Crippen LogP contribution < -0.4 is 16.8 Å². The van der Waals surface area contributed by atoms with E-state index in [0.717, 1.165) is 6.08 Å². The molecule has 3 unspecified atom stereocenters. The van der Waals surface area contributed by atoms with Gasteiger partial charge in [0.15, 0.2) is 12.1 Å². The quantitative estimate of drug-likeness (QED) is 0.234. The smallest absolute Gasteiger partial charge is 0.370 e. The number of carboxylic acids is 1. The maximum Gasteiger partial charge on any atom is 0.370 e. The number of nitrogens with one attached hydrogen (secondary N) is 1. The number of carboxylic acid groups (broad SMARTS) is 1. The van der Waals surface area contributed by atoms with Crippen molar-refractivity contribution >= 4 is 17.8 Å². The molecule has 3 atom stereocenters. The maximum atomic E-state index is 11.2. The Morgan fingerprint density at radius 3 is 2.65 bits per heavy atom. The first-order chi connectivity index (χ1) is 10.8. The van der Waals surface area contributed by atoms with Crippen molar-refractivity contribution < 1.29 is 29.6 Å². The van der Waals surface area contributed by atoms with Crippen LogP contribution in [0.4, 0.5) is 0 Å². The van der Waals surface area contributed by atoms with Crippen LogP contribution in [0.2, 0.25) is 0 Å². The van der Waals surface area contributed by atoms with Crippen LogP contribution in [-0.2, 0) is 14.3 Å². The van der Waals surface area contributed by atoms with Gasteiger partial charge in [0.2, 0.25) is 11.7 Å². The summed E-state index contributed by atoms with van der Waals surface area (Å²) in [5.74, 6) is -2.49. The van der Waals surface area contributed by atoms with E-state index in [4.69, 9.17) is 26.4 Å². The highest BCUT2D eigenvalue weighted by Crippen LogP contribution is 2.28. The van der Waals surface area contributed by atoms with E-state index in [2.05, 4.69) is 10.3 Å². The fourth-order valence-electron chi connectivity index (χ4n) is 1.98. The van der Waals surface area contributed by atoms with Gasteiger partial charge in [0.25, 0.3) is 0 Å². The third-order valence-electron chi connectivity index (χ3n) is 2.95. The number of nitrogens with zero attached hydrogens (tertiary/aromatic N) is 1. The number of amides is 1. The molecule has 128 valence electrons. The van der Waals surface area contributed by atoms with Crippen LogP contribution in [0.25, 0.3) is 0 Å². The predicted molar refractivity (Wildman–Crippen MR) is 79.8 cm³/mol. The highest BCUT2D eigenvalue weighted by Gasteiger charge is 2.36. The van der Waals surface area contributed by atoms with E-state index in [1.54, 1.807) is 0 Å². The standard InChI is InChI=1S/C13H20N4O6/c1-6(19)16-5-7-8(17-13(14)15)4-10(12(21)22)23-11(7)9(20)2-3-18/h4-5,8-9,11,18,20H,2-3H2,1H3,(H,16,19)(H,21,22)(H4,14,15,17)/b7-5-. The zero-order valence-corrected chi connectivity index (χ0v) is 12.5. The van der Waals surface area contributed by atoms with Gasteiger partial charge < -0.3 is 36.8 Å². The molecule has 10 nitrogen and oxygen atoms in total. The predicted octanol–water partition coefficient (Wildman–Crippen LogP) is -2.24. The number of carbonyl (C=O) groups is 2. The number of hydrogen-bond acceptors (Lipinski definition) is 6. The van der Waals surface area contributed by atoms with Gasteiger partial charge in [-0.1, -0.05) is 0 Å². The van der Waals surface area contributed by atoms with Gasteiger partial charge in [-0.3, -0.25) is 4.79 Å². The van der Waals surface area contributed by atoms with Gasteiger partial charge in [-0.2, -0.15) is 0 Å². The zero-order chi connectivity index (χ0) is 17.6. The molecule has 0 bridgehead atoms. The summed E-state index contributed by atoms with van der Waals surface area (Å²) in [6, 6.07) is -0.940. The van der Waals surface area contributed by atoms with Gasteiger partial charge in [-0.15, -0.1) is 0 Å². The molecule has 1 amide bonds. The van der Waals surface area contributed by atoms with E-state index in [9.17, 15) is 14.7 Å². The Kier molecular flexibility index (Phi) is 6.54. The Morgan fingerprint density at radius 2 is 2.17 bits per heavy atom. The highest BCUT2D eigenvalue weighted by molar-refractivity contribution is 5.85. The molecule has 1 aliphatic heterocycles. The molecule has 1 rings (SSSR count). The fraction of sp³-hybridized carbons (Fsp3) is 0.462. The molecule has 10 heteroatoms. The van der Waals surface area contributed by atoms with Crippen molar-refractivity contribution in [1.82, 2.24) is 5.32 Å². The van der Waals surface area contributed by atoms with Crippen LogP contribution in [0.3, 0.4) is 0 Å². The normalized spacial score (nSPS) is 23.4. The van der Waals surface area contributed by atoms with E-state index < -0.39 is 30.0 Å². The molecule has 0 saturated carbocycles. The van der Waals surface area contributed by atoms with Crippen molar-refractivity contribution in [2.24, 2.45) is 16.5 Å². The molecular formula is C13H20N4O6.